The Morgan fingerprint density at radius 2 is 0.851 bits per heavy atom. The molecule has 1 aliphatic rings. The molecule has 0 aromatic rings. The minimum absolute atomic E-state index is 0.161. The predicted molar refractivity (Wildman–Crippen MR) is 188 cm³/mol. The lowest BCUT2D eigenvalue weighted by atomic mass is 9.99. The summed E-state index contributed by atoms with van der Waals surface area (Å²) in [6.45, 7) is 1.41. The van der Waals surface area contributed by atoms with Crippen molar-refractivity contribution in [2.45, 2.75) is 229 Å². The first-order valence-electron chi connectivity index (χ1n) is 19.7. The molecular formula is C38H76O9. The van der Waals surface area contributed by atoms with Gasteiger partial charge < -0.3 is 45.2 Å². The summed E-state index contributed by atoms with van der Waals surface area (Å²) in [5, 5.41) is 68.1. The number of hydrogen-bond acceptors (Lipinski definition) is 9. The smallest absolute Gasteiger partial charge is 0.186 e. The number of hydrogen-bond donors (Lipinski definition) is 7. The maximum atomic E-state index is 10.2. The lowest BCUT2D eigenvalue weighted by molar-refractivity contribution is -0.301. The summed E-state index contributed by atoms with van der Waals surface area (Å²) in [7, 11) is 0. The second-order valence-corrected chi connectivity index (χ2v) is 14.5. The van der Waals surface area contributed by atoms with Gasteiger partial charge in [0.2, 0.25) is 0 Å². The van der Waals surface area contributed by atoms with Gasteiger partial charge in [-0.2, -0.15) is 0 Å². The van der Waals surface area contributed by atoms with Gasteiger partial charge in [0, 0.05) is 0 Å². The molecule has 0 aliphatic carbocycles. The molecule has 0 bridgehead atoms. The van der Waals surface area contributed by atoms with Gasteiger partial charge in [0.1, 0.15) is 24.4 Å². The van der Waals surface area contributed by atoms with Crippen molar-refractivity contribution in [2.24, 2.45) is 0 Å². The van der Waals surface area contributed by atoms with Crippen molar-refractivity contribution in [2.75, 3.05) is 13.2 Å². The van der Waals surface area contributed by atoms with Crippen LogP contribution < -0.4 is 0 Å². The molecule has 47 heavy (non-hydrogen) atoms. The molecular weight excluding hydrogens is 600 g/mol. The van der Waals surface area contributed by atoms with Gasteiger partial charge in [0.05, 0.1) is 31.5 Å². The Kier molecular flexibility index (Phi) is 28.9. The van der Waals surface area contributed by atoms with Gasteiger partial charge >= 0.3 is 0 Å². The van der Waals surface area contributed by atoms with Crippen molar-refractivity contribution in [3.05, 3.63) is 0 Å². The van der Waals surface area contributed by atoms with E-state index in [4.69, 9.17) is 9.47 Å². The predicted octanol–water partition coefficient (Wildman–Crippen LogP) is 6.44. The Bertz CT molecular complexity index is 665. The Hall–Kier alpha value is -0.360. The van der Waals surface area contributed by atoms with E-state index in [-0.39, 0.29) is 12.7 Å². The summed E-state index contributed by atoms with van der Waals surface area (Å²) in [5.74, 6) is 0. The molecule has 1 aliphatic heterocycles. The highest BCUT2D eigenvalue weighted by Gasteiger charge is 2.43. The first kappa shape index (κ1) is 44.7. The van der Waals surface area contributed by atoms with Crippen LogP contribution >= 0.6 is 0 Å². The van der Waals surface area contributed by atoms with E-state index in [0.29, 0.717) is 19.3 Å². The van der Waals surface area contributed by atoms with Crippen LogP contribution in [0.25, 0.3) is 0 Å². The molecule has 9 heteroatoms. The Balaban J connectivity index is 1.75. The van der Waals surface area contributed by atoms with Crippen molar-refractivity contribution in [3.63, 3.8) is 0 Å². The van der Waals surface area contributed by atoms with Crippen molar-refractivity contribution < 1.29 is 45.2 Å². The van der Waals surface area contributed by atoms with Crippen LogP contribution in [0.15, 0.2) is 0 Å². The van der Waals surface area contributed by atoms with Gasteiger partial charge in [-0.15, -0.1) is 0 Å². The molecule has 0 saturated carbocycles. The zero-order valence-corrected chi connectivity index (χ0v) is 30.1. The maximum Gasteiger partial charge on any atom is 0.186 e. The topological polar surface area (TPSA) is 160 Å². The van der Waals surface area contributed by atoms with E-state index in [2.05, 4.69) is 0 Å². The Labute approximate surface area is 287 Å². The van der Waals surface area contributed by atoms with E-state index >= 15 is 0 Å². The number of ether oxygens (including phenoxy) is 2. The molecule has 0 aromatic heterocycles. The second-order valence-electron chi connectivity index (χ2n) is 14.5. The van der Waals surface area contributed by atoms with Crippen LogP contribution in [0.5, 0.6) is 0 Å². The third-order valence-electron chi connectivity index (χ3n) is 9.77. The molecule has 0 radical (unpaired) electrons. The molecule has 0 aromatic carbocycles. The largest absolute Gasteiger partial charge is 0.394 e. The summed E-state index contributed by atoms with van der Waals surface area (Å²) in [6, 6.07) is 0. The average molecular weight is 677 g/mol. The first-order chi connectivity index (χ1) is 22.8. The van der Waals surface area contributed by atoms with Gasteiger partial charge in [-0.25, -0.2) is 0 Å². The van der Waals surface area contributed by atoms with E-state index < -0.39 is 49.5 Å². The third-order valence-corrected chi connectivity index (χ3v) is 9.77. The molecule has 0 amide bonds. The van der Waals surface area contributed by atoms with Crippen molar-refractivity contribution in [1.82, 2.24) is 0 Å². The number of rotatable bonds is 33. The van der Waals surface area contributed by atoms with Gasteiger partial charge in [-0.05, 0) is 32.6 Å². The minimum atomic E-state index is -1.45. The average Bonchev–Trinajstić information content (AvgIpc) is 3.04. The number of aliphatic hydroxyl groups is 7. The second kappa shape index (κ2) is 30.5. The van der Waals surface area contributed by atoms with Crippen molar-refractivity contribution in [1.29, 1.82) is 0 Å². The van der Waals surface area contributed by atoms with E-state index in [9.17, 15) is 35.7 Å². The van der Waals surface area contributed by atoms with E-state index in [1.54, 1.807) is 6.92 Å². The standard InChI is InChI=1S/C38H76O9/c1-31(40)29-33(42)26-24-22-20-18-16-14-12-10-8-6-4-2-3-5-7-9-11-13-15-17-19-21-23-25-32(41)27-28-46-38-37(45)36(44)35(43)34(30-39)47-38/h31-45H,2-30H2,1H3/t31-,32-,33+,34?,35-,36?,37-,38+/m1/s1. The monoisotopic (exact) mass is 677 g/mol. The van der Waals surface area contributed by atoms with Crippen LogP contribution in [0.1, 0.15) is 180 Å². The molecule has 1 rings (SSSR count). The highest BCUT2D eigenvalue weighted by molar-refractivity contribution is 4.88. The summed E-state index contributed by atoms with van der Waals surface area (Å²) in [6.07, 6.45) is 24.8. The van der Waals surface area contributed by atoms with Crippen LogP contribution in [-0.2, 0) is 9.47 Å². The maximum absolute atomic E-state index is 10.2. The molecule has 1 heterocycles. The summed E-state index contributed by atoms with van der Waals surface area (Å²) >= 11 is 0. The molecule has 282 valence electrons. The fourth-order valence-corrected chi connectivity index (χ4v) is 6.65. The molecule has 7 N–H and O–H groups in total. The molecule has 9 nitrogen and oxygen atoms in total. The van der Waals surface area contributed by atoms with Crippen LogP contribution in [0.2, 0.25) is 0 Å². The quantitative estimate of drug-likeness (QED) is 0.0388. The Morgan fingerprint density at radius 1 is 0.489 bits per heavy atom. The van der Waals surface area contributed by atoms with Crippen molar-refractivity contribution >= 4 is 0 Å². The SMILES string of the molecule is C[C@@H](O)C[C@@H](O)CCCCCCCCCCCCCCCCCCCCCCCCC[C@@H](O)CCO[C@H]1OC(CO)[C@@H](O)C(O)[C@H]1O. The fourth-order valence-electron chi connectivity index (χ4n) is 6.65. The third kappa shape index (κ3) is 24.4. The highest BCUT2D eigenvalue weighted by Crippen LogP contribution is 2.23. The van der Waals surface area contributed by atoms with Crippen molar-refractivity contribution in [3.8, 4) is 0 Å². The molecule has 2 unspecified atom stereocenters. The molecule has 1 saturated heterocycles. The summed E-state index contributed by atoms with van der Waals surface area (Å²) < 4.78 is 10.8. The van der Waals surface area contributed by atoms with E-state index in [1.807, 2.05) is 0 Å². The Morgan fingerprint density at radius 3 is 1.21 bits per heavy atom. The summed E-state index contributed by atoms with van der Waals surface area (Å²) in [4.78, 5) is 0. The summed E-state index contributed by atoms with van der Waals surface area (Å²) in [5.41, 5.74) is 0. The van der Waals surface area contributed by atoms with E-state index in [0.717, 1.165) is 25.7 Å². The molecule has 1 fully saturated rings. The fraction of sp³-hybridized carbons (Fsp3) is 1.00. The van der Waals surface area contributed by atoms with Crippen LogP contribution in [0.4, 0.5) is 0 Å². The molecule has 8 atom stereocenters. The van der Waals surface area contributed by atoms with Gasteiger partial charge in [-0.1, -0.05) is 148 Å². The first-order valence-corrected chi connectivity index (χ1v) is 19.7. The number of aliphatic hydroxyl groups excluding tert-OH is 7. The van der Waals surface area contributed by atoms with Crippen LogP contribution in [0.3, 0.4) is 0 Å². The van der Waals surface area contributed by atoms with Gasteiger partial charge in [0.25, 0.3) is 0 Å². The highest BCUT2D eigenvalue weighted by atomic mass is 16.7. The molecule has 0 spiro atoms. The van der Waals surface area contributed by atoms with Crippen LogP contribution in [0, 0.1) is 0 Å². The normalized spacial score (nSPS) is 23.6. The van der Waals surface area contributed by atoms with Crippen LogP contribution in [-0.4, -0.2) is 98.0 Å². The number of unbranched alkanes of at least 4 members (excludes halogenated alkanes) is 22. The van der Waals surface area contributed by atoms with Gasteiger partial charge in [0.15, 0.2) is 6.29 Å². The van der Waals surface area contributed by atoms with E-state index in [1.165, 1.54) is 128 Å². The zero-order valence-electron chi connectivity index (χ0n) is 30.1. The minimum Gasteiger partial charge on any atom is -0.394 e. The lowest BCUT2D eigenvalue weighted by Crippen LogP contribution is -2.59. The lowest BCUT2D eigenvalue weighted by Gasteiger charge is -2.39. The zero-order chi connectivity index (χ0) is 34.5. The van der Waals surface area contributed by atoms with Gasteiger partial charge in [-0.3, -0.25) is 0 Å².